The highest BCUT2D eigenvalue weighted by atomic mass is 15.1. The second-order valence-corrected chi connectivity index (χ2v) is 4.98. The van der Waals surface area contributed by atoms with Crippen molar-refractivity contribution < 1.29 is 0 Å². The van der Waals surface area contributed by atoms with Gasteiger partial charge in [0.05, 0.1) is 0 Å². The molecule has 15 heavy (non-hydrogen) atoms. The van der Waals surface area contributed by atoms with E-state index in [1.807, 2.05) is 0 Å². The molecule has 0 saturated heterocycles. The minimum absolute atomic E-state index is 0.665. The van der Waals surface area contributed by atoms with Gasteiger partial charge in [0.15, 0.2) is 0 Å². The average Bonchev–Trinajstić information content (AvgIpc) is 2.54. The minimum atomic E-state index is 0.665. The lowest BCUT2D eigenvalue weighted by Crippen LogP contribution is -2.42. The Hall–Kier alpha value is -0.0800. The third-order valence-electron chi connectivity index (χ3n) is 3.86. The Morgan fingerprint density at radius 1 is 1.20 bits per heavy atom. The zero-order valence-electron chi connectivity index (χ0n) is 10.8. The van der Waals surface area contributed by atoms with Crippen molar-refractivity contribution in [2.24, 2.45) is 0 Å². The van der Waals surface area contributed by atoms with E-state index in [9.17, 15) is 0 Å². The van der Waals surface area contributed by atoms with Gasteiger partial charge in [-0.2, -0.15) is 0 Å². The van der Waals surface area contributed by atoms with Crippen LogP contribution in [0.4, 0.5) is 0 Å². The van der Waals surface area contributed by atoms with Crippen LogP contribution in [0.2, 0.25) is 0 Å². The van der Waals surface area contributed by atoms with Gasteiger partial charge in [-0.1, -0.05) is 32.6 Å². The molecule has 2 heteroatoms. The number of nitrogens with one attached hydrogen (secondary N) is 1. The summed E-state index contributed by atoms with van der Waals surface area (Å²) in [4.78, 5) is 2.58. The first-order valence-corrected chi connectivity index (χ1v) is 6.65. The van der Waals surface area contributed by atoms with Crippen LogP contribution < -0.4 is 5.32 Å². The molecule has 0 heterocycles. The monoisotopic (exact) mass is 212 g/mol. The summed E-state index contributed by atoms with van der Waals surface area (Å²) in [5.74, 6) is 0. The first-order valence-electron chi connectivity index (χ1n) is 6.65. The highest BCUT2D eigenvalue weighted by Crippen LogP contribution is 2.21. The molecule has 0 aromatic rings. The second-order valence-electron chi connectivity index (χ2n) is 4.98. The molecule has 1 atom stereocenters. The van der Waals surface area contributed by atoms with E-state index in [-0.39, 0.29) is 0 Å². The summed E-state index contributed by atoms with van der Waals surface area (Å²) < 4.78 is 0. The maximum Gasteiger partial charge on any atom is 0.0189 e. The molecule has 1 unspecified atom stereocenters. The summed E-state index contributed by atoms with van der Waals surface area (Å²) in [6.45, 7) is 3.47. The molecule has 1 N–H and O–H groups in total. The third kappa shape index (κ3) is 4.52. The molecule has 0 amide bonds. The largest absolute Gasteiger partial charge is 0.316 e. The van der Waals surface area contributed by atoms with Crippen LogP contribution in [0, 0.1) is 0 Å². The van der Waals surface area contributed by atoms with Gasteiger partial charge in [0, 0.05) is 18.6 Å². The van der Waals surface area contributed by atoms with Gasteiger partial charge in [-0.25, -0.2) is 0 Å². The fourth-order valence-electron chi connectivity index (χ4n) is 2.62. The predicted octanol–water partition coefficient (Wildman–Crippen LogP) is 2.64. The van der Waals surface area contributed by atoms with E-state index in [0.717, 1.165) is 6.04 Å². The van der Waals surface area contributed by atoms with Crippen LogP contribution in [0.1, 0.15) is 51.9 Å². The topological polar surface area (TPSA) is 15.3 Å². The SMILES string of the molecule is CCC(CN(C)C1CCCCCC1)NC. The van der Waals surface area contributed by atoms with Gasteiger partial charge in [0.2, 0.25) is 0 Å². The van der Waals surface area contributed by atoms with Crippen molar-refractivity contribution in [2.75, 3.05) is 20.6 Å². The van der Waals surface area contributed by atoms with Gasteiger partial charge in [-0.05, 0) is 33.4 Å². The molecule has 1 aliphatic carbocycles. The highest BCUT2D eigenvalue weighted by molar-refractivity contribution is 4.76. The Bertz CT molecular complexity index is 147. The first-order chi connectivity index (χ1) is 7.27. The number of likely N-dealkylation sites (N-methyl/N-ethyl adjacent to an activating group) is 2. The van der Waals surface area contributed by atoms with Crippen LogP contribution in [-0.2, 0) is 0 Å². The van der Waals surface area contributed by atoms with E-state index in [4.69, 9.17) is 0 Å². The molecule has 1 saturated carbocycles. The van der Waals surface area contributed by atoms with E-state index < -0.39 is 0 Å². The molecule has 0 aliphatic heterocycles. The summed E-state index contributed by atoms with van der Waals surface area (Å²) in [6, 6.07) is 1.51. The van der Waals surface area contributed by atoms with Gasteiger partial charge in [-0.3, -0.25) is 0 Å². The lowest BCUT2D eigenvalue weighted by molar-refractivity contribution is 0.199. The Kier molecular flexibility index (Phi) is 6.26. The summed E-state index contributed by atoms with van der Waals surface area (Å²) in [6.07, 6.45) is 9.83. The van der Waals surface area contributed by atoms with Crippen LogP contribution in [-0.4, -0.2) is 37.6 Å². The second kappa shape index (κ2) is 7.24. The van der Waals surface area contributed by atoms with Gasteiger partial charge >= 0.3 is 0 Å². The lowest BCUT2D eigenvalue weighted by atomic mass is 10.1. The molecule has 1 aliphatic rings. The molecule has 0 aromatic heterocycles. The smallest absolute Gasteiger partial charge is 0.0189 e. The molecule has 0 aromatic carbocycles. The van der Waals surface area contributed by atoms with Crippen LogP contribution >= 0.6 is 0 Å². The van der Waals surface area contributed by atoms with E-state index in [1.54, 1.807) is 0 Å². The fraction of sp³-hybridized carbons (Fsp3) is 1.00. The molecule has 90 valence electrons. The molecule has 0 radical (unpaired) electrons. The zero-order chi connectivity index (χ0) is 11.1. The van der Waals surface area contributed by atoms with E-state index in [2.05, 4.69) is 31.2 Å². The van der Waals surface area contributed by atoms with E-state index >= 15 is 0 Å². The normalized spacial score (nSPS) is 21.6. The lowest BCUT2D eigenvalue weighted by Gasteiger charge is -2.30. The maximum absolute atomic E-state index is 3.40. The minimum Gasteiger partial charge on any atom is -0.316 e. The van der Waals surface area contributed by atoms with Gasteiger partial charge in [0.1, 0.15) is 0 Å². The number of rotatable bonds is 5. The van der Waals surface area contributed by atoms with Crippen molar-refractivity contribution in [3.05, 3.63) is 0 Å². The summed E-state index contributed by atoms with van der Waals surface area (Å²) in [5, 5.41) is 3.40. The third-order valence-corrected chi connectivity index (χ3v) is 3.86. The van der Waals surface area contributed by atoms with Crippen LogP contribution in [0.25, 0.3) is 0 Å². The Morgan fingerprint density at radius 2 is 1.80 bits per heavy atom. The standard InChI is InChI=1S/C13H28N2/c1-4-12(14-2)11-15(3)13-9-7-5-6-8-10-13/h12-14H,4-11H2,1-3H3. The van der Waals surface area contributed by atoms with Crippen molar-refractivity contribution in [1.29, 1.82) is 0 Å². The Balaban J connectivity index is 2.33. The predicted molar refractivity (Wildman–Crippen MR) is 67.3 cm³/mol. The van der Waals surface area contributed by atoms with E-state index in [1.165, 1.54) is 51.5 Å². The molecule has 0 bridgehead atoms. The Morgan fingerprint density at radius 3 is 2.27 bits per heavy atom. The maximum atomic E-state index is 3.40. The molecule has 2 nitrogen and oxygen atoms in total. The summed E-state index contributed by atoms with van der Waals surface area (Å²) >= 11 is 0. The Labute approximate surface area is 95.4 Å². The van der Waals surface area contributed by atoms with Crippen LogP contribution in [0.5, 0.6) is 0 Å². The first kappa shape index (κ1) is 13.0. The van der Waals surface area contributed by atoms with Crippen molar-refractivity contribution in [2.45, 2.75) is 64.0 Å². The quantitative estimate of drug-likeness (QED) is 0.705. The molecule has 1 rings (SSSR count). The zero-order valence-corrected chi connectivity index (χ0v) is 10.8. The average molecular weight is 212 g/mol. The summed E-state index contributed by atoms with van der Waals surface area (Å²) in [5.41, 5.74) is 0. The van der Waals surface area contributed by atoms with Crippen molar-refractivity contribution in [3.63, 3.8) is 0 Å². The summed E-state index contributed by atoms with van der Waals surface area (Å²) in [7, 11) is 4.38. The van der Waals surface area contributed by atoms with Crippen LogP contribution in [0.3, 0.4) is 0 Å². The molecular formula is C13H28N2. The number of hydrogen-bond donors (Lipinski definition) is 1. The number of nitrogens with zero attached hydrogens (tertiary/aromatic N) is 1. The van der Waals surface area contributed by atoms with Crippen molar-refractivity contribution in [1.82, 2.24) is 10.2 Å². The fourth-order valence-corrected chi connectivity index (χ4v) is 2.62. The molecule has 1 fully saturated rings. The van der Waals surface area contributed by atoms with Crippen molar-refractivity contribution in [3.8, 4) is 0 Å². The van der Waals surface area contributed by atoms with Crippen LogP contribution in [0.15, 0.2) is 0 Å². The molecule has 0 spiro atoms. The van der Waals surface area contributed by atoms with Crippen molar-refractivity contribution >= 4 is 0 Å². The van der Waals surface area contributed by atoms with Gasteiger partial charge in [0.25, 0.3) is 0 Å². The molecular weight excluding hydrogens is 184 g/mol. The van der Waals surface area contributed by atoms with E-state index in [0.29, 0.717) is 6.04 Å². The van der Waals surface area contributed by atoms with Gasteiger partial charge < -0.3 is 10.2 Å². The highest BCUT2D eigenvalue weighted by Gasteiger charge is 2.18. The number of hydrogen-bond acceptors (Lipinski definition) is 2. The van der Waals surface area contributed by atoms with Gasteiger partial charge in [-0.15, -0.1) is 0 Å².